The van der Waals surface area contributed by atoms with E-state index in [0.29, 0.717) is 23.1 Å². The molecular weight excluding hydrogens is 252 g/mol. The van der Waals surface area contributed by atoms with Gasteiger partial charge in [0.1, 0.15) is 6.20 Å². The summed E-state index contributed by atoms with van der Waals surface area (Å²) in [6.45, 7) is 0. The van der Waals surface area contributed by atoms with Crippen molar-refractivity contribution in [2.75, 3.05) is 11.2 Å². The molecule has 1 heterocycles. The van der Waals surface area contributed by atoms with Crippen LogP contribution in [0.2, 0.25) is 0 Å². The number of hydrogen-bond donors (Lipinski definition) is 0. The Kier molecular flexibility index (Phi) is 2.85. The minimum Gasteiger partial charge on any atom is -0.345 e. The van der Waals surface area contributed by atoms with E-state index >= 15 is 0 Å². The van der Waals surface area contributed by atoms with E-state index in [1.165, 1.54) is 18.0 Å². The maximum Gasteiger partial charge on any atom is 0.329 e. The van der Waals surface area contributed by atoms with Crippen LogP contribution in [0.1, 0.15) is 25.7 Å². The van der Waals surface area contributed by atoms with Gasteiger partial charge in [-0.1, -0.05) is 11.8 Å². The van der Waals surface area contributed by atoms with Gasteiger partial charge in [-0.3, -0.25) is 10.1 Å². The van der Waals surface area contributed by atoms with Gasteiger partial charge in [0, 0.05) is 12.1 Å². The van der Waals surface area contributed by atoms with E-state index in [2.05, 4.69) is 14.9 Å². The van der Waals surface area contributed by atoms with Crippen molar-refractivity contribution < 1.29 is 4.92 Å². The molecule has 0 spiro atoms. The van der Waals surface area contributed by atoms with Gasteiger partial charge in [-0.15, -0.1) is 0 Å². The second kappa shape index (κ2) is 4.38. The molecule has 1 aromatic heterocycles. The first-order valence-electron chi connectivity index (χ1n) is 6.04. The standard InChI is InChI=1S/C11H14N4O2S/c1-18-11-12-6-9(15(16)17)10(13-11)14(7-2-3-7)8-4-5-8/h6-8H,2-5H2,1H3. The van der Waals surface area contributed by atoms with E-state index in [1.54, 1.807) is 0 Å². The van der Waals surface area contributed by atoms with Gasteiger partial charge in [0.05, 0.1) is 4.92 Å². The third-order valence-corrected chi connectivity index (χ3v) is 3.79. The zero-order chi connectivity index (χ0) is 12.7. The molecule has 96 valence electrons. The zero-order valence-corrected chi connectivity index (χ0v) is 10.9. The molecule has 18 heavy (non-hydrogen) atoms. The summed E-state index contributed by atoms with van der Waals surface area (Å²) in [4.78, 5) is 21.3. The lowest BCUT2D eigenvalue weighted by Gasteiger charge is -2.22. The fourth-order valence-electron chi connectivity index (χ4n) is 2.12. The fourth-order valence-corrected chi connectivity index (χ4v) is 2.45. The predicted octanol–water partition coefficient (Wildman–Crippen LogP) is 2.24. The van der Waals surface area contributed by atoms with E-state index in [-0.39, 0.29) is 10.6 Å². The number of hydrogen-bond acceptors (Lipinski definition) is 6. The maximum atomic E-state index is 11.1. The van der Waals surface area contributed by atoms with Gasteiger partial charge in [-0.05, 0) is 31.9 Å². The SMILES string of the molecule is CSc1ncc([N+](=O)[O-])c(N(C2CC2)C2CC2)n1. The van der Waals surface area contributed by atoms with Crippen molar-refractivity contribution in [3.63, 3.8) is 0 Å². The second-order valence-electron chi connectivity index (χ2n) is 4.69. The Hall–Kier alpha value is -1.37. The fraction of sp³-hybridized carbons (Fsp3) is 0.636. The van der Waals surface area contributed by atoms with Crippen LogP contribution in [0, 0.1) is 10.1 Å². The predicted molar refractivity (Wildman–Crippen MR) is 69.0 cm³/mol. The Morgan fingerprint density at radius 2 is 2.00 bits per heavy atom. The molecule has 0 N–H and O–H groups in total. The lowest BCUT2D eigenvalue weighted by atomic mass is 10.4. The Morgan fingerprint density at radius 1 is 1.39 bits per heavy atom. The first-order valence-corrected chi connectivity index (χ1v) is 7.27. The van der Waals surface area contributed by atoms with Crippen LogP contribution in [0.15, 0.2) is 11.4 Å². The molecule has 6 nitrogen and oxygen atoms in total. The molecule has 0 aromatic carbocycles. The highest BCUT2D eigenvalue weighted by Crippen LogP contribution is 2.43. The van der Waals surface area contributed by atoms with E-state index in [9.17, 15) is 10.1 Å². The van der Waals surface area contributed by atoms with Gasteiger partial charge in [-0.2, -0.15) is 4.98 Å². The van der Waals surface area contributed by atoms with E-state index in [4.69, 9.17) is 0 Å². The van der Waals surface area contributed by atoms with Crippen molar-refractivity contribution in [2.24, 2.45) is 0 Å². The smallest absolute Gasteiger partial charge is 0.329 e. The summed E-state index contributed by atoms with van der Waals surface area (Å²) < 4.78 is 0. The van der Waals surface area contributed by atoms with Crippen LogP contribution in [0.25, 0.3) is 0 Å². The summed E-state index contributed by atoms with van der Waals surface area (Å²) in [7, 11) is 0. The van der Waals surface area contributed by atoms with Crippen LogP contribution >= 0.6 is 11.8 Å². The number of nitro groups is 1. The van der Waals surface area contributed by atoms with Gasteiger partial charge < -0.3 is 4.90 Å². The quantitative estimate of drug-likeness (QED) is 0.352. The van der Waals surface area contributed by atoms with Gasteiger partial charge in [0.2, 0.25) is 5.82 Å². The van der Waals surface area contributed by atoms with E-state index in [0.717, 1.165) is 25.7 Å². The molecule has 0 aliphatic heterocycles. The molecular formula is C11H14N4O2S. The Labute approximate surface area is 109 Å². The number of thioether (sulfide) groups is 1. The molecule has 2 aliphatic rings. The molecule has 2 saturated carbocycles. The van der Waals surface area contributed by atoms with E-state index in [1.807, 2.05) is 6.26 Å². The molecule has 0 bridgehead atoms. The summed E-state index contributed by atoms with van der Waals surface area (Å²) in [6.07, 6.45) is 7.69. The van der Waals surface area contributed by atoms with Crippen molar-refractivity contribution in [1.82, 2.24) is 9.97 Å². The van der Waals surface area contributed by atoms with Gasteiger partial charge in [-0.25, -0.2) is 4.98 Å². The van der Waals surface area contributed by atoms with Crippen LogP contribution < -0.4 is 4.90 Å². The Balaban J connectivity index is 2.02. The van der Waals surface area contributed by atoms with Crippen LogP contribution in [-0.4, -0.2) is 33.2 Å². The monoisotopic (exact) mass is 266 g/mol. The molecule has 0 radical (unpaired) electrons. The van der Waals surface area contributed by atoms with Crippen molar-refractivity contribution in [3.05, 3.63) is 16.3 Å². The highest BCUT2D eigenvalue weighted by Gasteiger charge is 2.42. The summed E-state index contributed by atoms with van der Waals surface area (Å²) in [5, 5.41) is 11.7. The van der Waals surface area contributed by atoms with Gasteiger partial charge in [0.15, 0.2) is 5.16 Å². The van der Waals surface area contributed by atoms with Crippen molar-refractivity contribution >= 4 is 23.3 Å². The van der Waals surface area contributed by atoms with E-state index < -0.39 is 0 Å². The van der Waals surface area contributed by atoms with Crippen LogP contribution in [0.5, 0.6) is 0 Å². The molecule has 0 saturated heterocycles. The topological polar surface area (TPSA) is 72.2 Å². The lowest BCUT2D eigenvalue weighted by Crippen LogP contribution is -2.29. The van der Waals surface area contributed by atoms with Crippen LogP contribution in [0.3, 0.4) is 0 Å². The molecule has 2 fully saturated rings. The lowest BCUT2D eigenvalue weighted by molar-refractivity contribution is -0.384. The number of anilines is 1. The summed E-state index contributed by atoms with van der Waals surface area (Å²) >= 11 is 1.41. The summed E-state index contributed by atoms with van der Waals surface area (Å²) in [5.74, 6) is 0.518. The first-order chi connectivity index (χ1) is 8.70. The minimum atomic E-state index is -0.378. The Morgan fingerprint density at radius 3 is 2.44 bits per heavy atom. The number of rotatable bonds is 5. The molecule has 2 aliphatic carbocycles. The Bertz CT molecular complexity index is 476. The van der Waals surface area contributed by atoms with Gasteiger partial charge in [0.25, 0.3) is 0 Å². The molecule has 7 heteroatoms. The third-order valence-electron chi connectivity index (χ3n) is 3.23. The first kappa shape index (κ1) is 11.7. The zero-order valence-electron chi connectivity index (χ0n) is 10.1. The highest BCUT2D eigenvalue weighted by molar-refractivity contribution is 7.98. The average molecular weight is 266 g/mol. The maximum absolute atomic E-state index is 11.1. The molecule has 0 amide bonds. The molecule has 1 aromatic rings. The molecule has 3 rings (SSSR count). The minimum absolute atomic E-state index is 0.0339. The van der Waals surface area contributed by atoms with Crippen LogP contribution in [0.4, 0.5) is 11.5 Å². The largest absolute Gasteiger partial charge is 0.345 e. The molecule has 0 unspecified atom stereocenters. The van der Waals surface area contributed by atoms with Crippen molar-refractivity contribution in [1.29, 1.82) is 0 Å². The summed E-state index contributed by atoms with van der Waals surface area (Å²) in [5.41, 5.74) is 0.0339. The second-order valence-corrected chi connectivity index (χ2v) is 5.47. The number of aromatic nitrogens is 2. The third kappa shape index (κ3) is 2.14. The highest BCUT2D eigenvalue weighted by atomic mass is 32.2. The molecule has 0 atom stereocenters. The average Bonchev–Trinajstić information content (AvgIpc) is 3.22. The number of nitrogens with zero attached hydrogens (tertiary/aromatic N) is 4. The van der Waals surface area contributed by atoms with Gasteiger partial charge >= 0.3 is 5.69 Å². The summed E-state index contributed by atoms with van der Waals surface area (Å²) in [6, 6.07) is 0.890. The van der Waals surface area contributed by atoms with Crippen molar-refractivity contribution in [3.8, 4) is 0 Å². The van der Waals surface area contributed by atoms with Crippen LogP contribution in [-0.2, 0) is 0 Å². The van der Waals surface area contributed by atoms with Crippen molar-refractivity contribution in [2.45, 2.75) is 42.9 Å². The normalized spacial score (nSPS) is 18.7.